The number of rotatable bonds is 7. The first-order valence-corrected chi connectivity index (χ1v) is 7.77. The molecule has 0 radical (unpaired) electrons. The van der Waals surface area contributed by atoms with Crippen LogP contribution in [0.2, 0.25) is 0 Å². The lowest BCUT2D eigenvalue weighted by Crippen LogP contribution is -2.26. The maximum Gasteiger partial charge on any atom is 0.115 e. The topological polar surface area (TPSA) is 32.3 Å². The van der Waals surface area contributed by atoms with Crippen LogP contribution in [0.5, 0.6) is 5.75 Å². The van der Waals surface area contributed by atoms with Crippen molar-refractivity contribution in [3.63, 3.8) is 0 Å². The third kappa shape index (κ3) is 4.91. The second kappa shape index (κ2) is 7.84. The largest absolute Gasteiger partial charge is 0.508 e. The predicted octanol–water partition coefficient (Wildman–Crippen LogP) is 4.07. The van der Waals surface area contributed by atoms with Crippen LogP contribution in [0.1, 0.15) is 37.0 Å². The summed E-state index contributed by atoms with van der Waals surface area (Å²) in [5.41, 5.74) is 4.10. The lowest BCUT2D eigenvalue weighted by atomic mass is 10.0. The lowest BCUT2D eigenvalue weighted by Gasteiger charge is -2.15. The van der Waals surface area contributed by atoms with Gasteiger partial charge in [-0.15, -0.1) is 0 Å². The van der Waals surface area contributed by atoms with Crippen LogP contribution in [0.3, 0.4) is 0 Å². The van der Waals surface area contributed by atoms with E-state index in [-0.39, 0.29) is 0 Å². The Balaban J connectivity index is 1.79. The number of nitrogens with one attached hydrogen (secondary N) is 1. The van der Waals surface area contributed by atoms with E-state index >= 15 is 0 Å². The van der Waals surface area contributed by atoms with Gasteiger partial charge in [0.1, 0.15) is 5.75 Å². The summed E-state index contributed by atoms with van der Waals surface area (Å²) in [5.74, 6) is 0.334. The van der Waals surface area contributed by atoms with E-state index in [0.29, 0.717) is 11.8 Å². The van der Waals surface area contributed by atoms with Crippen molar-refractivity contribution < 1.29 is 5.11 Å². The van der Waals surface area contributed by atoms with Gasteiger partial charge in [-0.1, -0.05) is 43.3 Å². The Bertz CT molecular complexity index is 548. The molecule has 2 aromatic carbocycles. The Hall–Kier alpha value is -1.80. The summed E-state index contributed by atoms with van der Waals surface area (Å²) in [6, 6.07) is 16.6. The first kappa shape index (κ1) is 15.6. The summed E-state index contributed by atoms with van der Waals surface area (Å²) in [4.78, 5) is 0. The Kier molecular flexibility index (Phi) is 5.82. The van der Waals surface area contributed by atoms with Crippen molar-refractivity contribution in [2.75, 3.05) is 0 Å². The van der Waals surface area contributed by atoms with Gasteiger partial charge in [0.25, 0.3) is 0 Å². The number of phenolic OH excluding ortho intramolecular Hbond substituents is 1. The Morgan fingerprint density at radius 2 is 1.67 bits per heavy atom. The van der Waals surface area contributed by atoms with Crippen molar-refractivity contribution in [2.24, 2.45) is 0 Å². The van der Waals surface area contributed by atoms with E-state index in [2.05, 4.69) is 43.4 Å². The summed E-state index contributed by atoms with van der Waals surface area (Å²) in [6.07, 6.45) is 3.21. The van der Waals surface area contributed by atoms with Gasteiger partial charge in [0, 0.05) is 12.6 Å². The van der Waals surface area contributed by atoms with Crippen LogP contribution < -0.4 is 5.32 Å². The zero-order valence-corrected chi connectivity index (χ0v) is 13.0. The summed E-state index contributed by atoms with van der Waals surface area (Å²) in [7, 11) is 0. The van der Waals surface area contributed by atoms with Gasteiger partial charge >= 0.3 is 0 Å². The van der Waals surface area contributed by atoms with Gasteiger partial charge in [-0.25, -0.2) is 0 Å². The Morgan fingerprint density at radius 1 is 1.00 bits per heavy atom. The second-order valence-electron chi connectivity index (χ2n) is 5.61. The fourth-order valence-electron chi connectivity index (χ4n) is 2.51. The van der Waals surface area contributed by atoms with Gasteiger partial charge in [-0.05, 0) is 55.0 Å². The van der Waals surface area contributed by atoms with Crippen molar-refractivity contribution in [1.82, 2.24) is 5.32 Å². The van der Waals surface area contributed by atoms with E-state index in [0.717, 1.165) is 25.8 Å². The quantitative estimate of drug-likeness (QED) is 0.803. The molecule has 0 aliphatic rings. The van der Waals surface area contributed by atoms with E-state index in [1.807, 2.05) is 12.1 Å². The number of aryl methyl sites for hydroxylation is 2. The lowest BCUT2D eigenvalue weighted by molar-refractivity contribution is 0.474. The van der Waals surface area contributed by atoms with Crippen LogP contribution in [-0.2, 0) is 19.4 Å². The molecule has 1 unspecified atom stereocenters. The van der Waals surface area contributed by atoms with Crippen LogP contribution in [-0.4, -0.2) is 11.1 Å². The monoisotopic (exact) mass is 283 g/mol. The molecule has 0 saturated carbocycles. The van der Waals surface area contributed by atoms with Gasteiger partial charge in [-0.3, -0.25) is 0 Å². The molecule has 0 saturated heterocycles. The maximum absolute atomic E-state index is 9.28. The molecule has 2 heteroatoms. The van der Waals surface area contributed by atoms with Crippen molar-refractivity contribution >= 4 is 0 Å². The van der Waals surface area contributed by atoms with E-state index in [9.17, 15) is 5.11 Å². The normalized spacial score (nSPS) is 12.3. The molecule has 2 rings (SSSR count). The third-order valence-electron chi connectivity index (χ3n) is 3.94. The highest BCUT2D eigenvalue weighted by Gasteiger charge is 2.04. The van der Waals surface area contributed by atoms with Crippen LogP contribution in [0.25, 0.3) is 0 Å². The summed E-state index contributed by atoms with van der Waals surface area (Å²) >= 11 is 0. The maximum atomic E-state index is 9.28. The first-order chi connectivity index (χ1) is 10.2. The minimum Gasteiger partial charge on any atom is -0.508 e. The summed E-state index contributed by atoms with van der Waals surface area (Å²) in [6.45, 7) is 5.36. The predicted molar refractivity (Wildman–Crippen MR) is 88.5 cm³/mol. The fourth-order valence-corrected chi connectivity index (χ4v) is 2.51. The number of aromatic hydroxyl groups is 1. The zero-order chi connectivity index (χ0) is 15.1. The number of hydrogen-bond donors (Lipinski definition) is 2. The highest BCUT2D eigenvalue weighted by atomic mass is 16.3. The fraction of sp³-hybridized carbons (Fsp3) is 0.368. The molecule has 21 heavy (non-hydrogen) atoms. The minimum absolute atomic E-state index is 0.334. The molecule has 2 N–H and O–H groups in total. The van der Waals surface area contributed by atoms with Crippen LogP contribution in [0.15, 0.2) is 48.5 Å². The molecule has 0 fully saturated rings. The summed E-state index contributed by atoms with van der Waals surface area (Å²) < 4.78 is 0. The molecule has 0 aromatic heterocycles. The number of benzene rings is 2. The standard InChI is InChI=1S/C19H25NO/c1-3-17-6-4-5-7-18(17)14-20-15(2)8-9-16-10-12-19(21)13-11-16/h4-7,10-13,15,20-21H,3,8-9,14H2,1-2H3. The van der Waals surface area contributed by atoms with Crippen molar-refractivity contribution in [3.8, 4) is 5.75 Å². The minimum atomic E-state index is 0.334. The number of phenols is 1. The highest BCUT2D eigenvalue weighted by molar-refractivity contribution is 5.27. The Labute approximate surface area is 127 Å². The van der Waals surface area contributed by atoms with E-state index < -0.39 is 0 Å². The first-order valence-electron chi connectivity index (χ1n) is 7.77. The molecule has 2 nitrogen and oxygen atoms in total. The molecule has 112 valence electrons. The molecular formula is C19H25NO. The van der Waals surface area contributed by atoms with Gasteiger partial charge in [0.05, 0.1) is 0 Å². The molecule has 0 amide bonds. The van der Waals surface area contributed by atoms with Gasteiger partial charge in [0.15, 0.2) is 0 Å². The van der Waals surface area contributed by atoms with Crippen molar-refractivity contribution in [3.05, 3.63) is 65.2 Å². The van der Waals surface area contributed by atoms with Gasteiger partial charge in [0.2, 0.25) is 0 Å². The molecule has 0 aliphatic carbocycles. The molecule has 2 aromatic rings. The Morgan fingerprint density at radius 3 is 2.33 bits per heavy atom. The second-order valence-corrected chi connectivity index (χ2v) is 5.61. The highest BCUT2D eigenvalue weighted by Crippen LogP contribution is 2.13. The van der Waals surface area contributed by atoms with Crippen molar-refractivity contribution in [1.29, 1.82) is 0 Å². The third-order valence-corrected chi connectivity index (χ3v) is 3.94. The van der Waals surface area contributed by atoms with Gasteiger partial charge < -0.3 is 10.4 Å². The van der Waals surface area contributed by atoms with Crippen LogP contribution in [0, 0.1) is 0 Å². The SMILES string of the molecule is CCc1ccccc1CNC(C)CCc1ccc(O)cc1. The van der Waals surface area contributed by atoms with E-state index in [1.54, 1.807) is 12.1 Å². The van der Waals surface area contributed by atoms with Crippen molar-refractivity contribution in [2.45, 2.75) is 45.7 Å². The summed E-state index contributed by atoms with van der Waals surface area (Å²) in [5, 5.41) is 12.9. The average molecular weight is 283 g/mol. The zero-order valence-electron chi connectivity index (χ0n) is 13.0. The smallest absolute Gasteiger partial charge is 0.115 e. The van der Waals surface area contributed by atoms with Crippen LogP contribution >= 0.6 is 0 Å². The number of hydrogen-bond acceptors (Lipinski definition) is 2. The molecule has 1 atom stereocenters. The average Bonchev–Trinajstić information content (AvgIpc) is 2.52. The molecular weight excluding hydrogens is 258 g/mol. The van der Waals surface area contributed by atoms with Crippen LogP contribution in [0.4, 0.5) is 0 Å². The van der Waals surface area contributed by atoms with E-state index in [4.69, 9.17) is 0 Å². The molecule has 0 aliphatic heterocycles. The van der Waals surface area contributed by atoms with E-state index in [1.165, 1.54) is 16.7 Å². The molecule has 0 heterocycles. The van der Waals surface area contributed by atoms with Gasteiger partial charge in [-0.2, -0.15) is 0 Å². The molecule has 0 bridgehead atoms. The molecule has 0 spiro atoms.